The van der Waals surface area contributed by atoms with E-state index in [2.05, 4.69) is 16.2 Å². The fraction of sp³-hybridized carbons (Fsp3) is 0.136. The molecule has 0 bridgehead atoms. The maximum atomic E-state index is 12.1. The number of thiocarbonyl (C=S) groups is 1. The van der Waals surface area contributed by atoms with Gasteiger partial charge in [-0.05, 0) is 41.4 Å². The van der Waals surface area contributed by atoms with Gasteiger partial charge in [0, 0.05) is 5.39 Å². The molecular formula is C22H21N3O4S. The second-order valence-corrected chi connectivity index (χ2v) is 6.75. The lowest BCUT2D eigenvalue weighted by atomic mass is 10.1. The molecule has 0 atom stereocenters. The Bertz CT molecular complexity index is 1050. The number of amides is 2. The molecule has 0 spiro atoms. The molecule has 3 rings (SSSR count). The molecule has 3 N–H and O–H groups in total. The van der Waals surface area contributed by atoms with E-state index in [9.17, 15) is 9.59 Å². The zero-order valence-corrected chi connectivity index (χ0v) is 17.1. The van der Waals surface area contributed by atoms with Crippen molar-refractivity contribution in [2.75, 3.05) is 13.7 Å². The predicted octanol–water partition coefficient (Wildman–Crippen LogP) is 2.49. The average Bonchev–Trinajstić information content (AvgIpc) is 2.77. The number of hydrazine groups is 1. The van der Waals surface area contributed by atoms with Gasteiger partial charge >= 0.3 is 0 Å². The van der Waals surface area contributed by atoms with Crippen LogP contribution in [0.15, 0.2) is 66.7 Å². The molecule has 0 unspecified atom stereocenters. The molecule has 0 saturated heterocycles. The van der Waals surface area contributed by atoms with Crippen molar-refractivity contribution in [3.05, 3.63) is 72.3 Å². The second kappa shape index (κ2) is 10.2. The van der Waals surface area contributed by atoms with E-state index >= 15 is 0 Å². The molecule has 3 aromatic carbocycles. The Morgan fingerprint density at radius 2 is 1.63 bits per heavy atom. The van der Waals surface area contributed by atoms with Gasteiger partial charge in [-0.1, -0.05) is 48.5 Å². The number of methoxy groups -OCH3 is 1. The Labute approximate surface area is 179 Å². The van der Waals surface area contributed by atoms with E-state index in [1.165, 1.54) is 0 Å². The number of hydrogen-bond donors (Lipinski definition) is 3. The van der Waals surface area contributed by atoms with Crippen LogP contribution >= 0.6 is 12.2 Å². The zero-order chi connectivity index (χ0) is 21.3. The van der Waals surface area contributed by atoms with Crippen LogP contribution in [0, 0.1) is 0 Å². The first-order valence-corrected chi connectivity index (χ1v) is 9.58. The minimum absolute atomic E-state index is 0.0235. The fourth-order valence-corrected chi connectivity index (χ4v) is 2.92. The van der Waals surface area contributed by atoms with Crippen molar-refractivity contribution >= 4 is 39.9 Å². The smallest absolute Gasteiger partial charge is 0.264 e. The van der Waals surface area contributed by atoms with Gasteiger partial charge in [-0.15, -0.1) is 0 Å². The van der Waals surface area contributed by atoms with Crippen LogP contribution < -0.4 is 25.6 Å². The van der Waals surface area contributed by atoms with Gasteiger partial charge in [0.25, 0.3) is 5.91 Å². The van der Waals surface area contributed by atoms with Crippen LogP contribution in [0.2, 0.25) is 0 Å². The van der Waals surface area contributed by atoms with E-state index in [0.717, 1.165) is 16.3 Å². The highest BCUT2D eigenvalue weighted by Crippen LogP contribution is 2.24. The van der Waals surface area contributed by atoms with Crippen LogP contribution in [-0.2, 0) is 16.0 Å². The number of carbonyl (C=O) groups excluding carboxylic acids is 2. The van der Waals surface area contributed by atoms with Crippen LogP contribution in [0.4, 0.5) is 0 Å². The monoisotopic (exact) mass is 423 g/mol. The van der Waals surface area contributed by atoms with E-state index in [1.54, 1.807) is 37.4 Å². The lowest BCUT2D eigenvalue weighted by Gasteiger charge is -2.12. The van der Waals surface area contributed by atoms with E-state index in [1.807, 2.05) is 36.4 Å². The summed E-state index contributed by atoms with van der Waals surface area (Å²) in [6, 6.07) is 20.5. The number of fused-ring (bicyclic) bond motifs is 1. The summed E-state index contributed by atoms with van der Waals surface area (Å²) in [6.07, 6.45) is 0.151. The van der Waals surface area contributed by atoms with Crippen molar-refractivity contribution < 1.29 is 19.1 Å². The molecule has 0 aliphatic rings. The minimum atomic E-state index is -0.440. The molecule has 30 heavy (non-hydrogen) atoms. The Kier molecular flexibility index (Phi) is 7.18. The maximum Gasteiger partial charge on any atom is 0.264 e. The first kappa shape index (κ1) is 21.1. The van der Waals surface area contributed by atoms with Crippen LogP contribution in [-0.4, -0.2) is 30.6 Å². The lowest BCUT2D eigenvalue weighted by molar-refractivity contribution is -0.122. The van der Waals surface area contributed by atoms with Gasteiger partial charge in [0.2, 0.25) is 5.91 Å². The summed E-state index contributed by atoms with van der Waals surface area (Å²) >= 11 is 5.02. The van der Waals surface area contributed by atoms with Crippen LogP contribution in [0.5, 0.6) is 11.5 Å². The van der Waals surface area contributed by atoms with Gasteiger partial charge in [0.15, 0.2) is 11.7 Å². The summed E-state index contributed by atoms with van der Waals surface area (Å²) in [5.74, 6) is 0.579. The molecule has 0 aliphatic carbocycles. The molecule has 8 heteroatoms. The first-order valence-electron chi connectivity index (χ1n) is 9.17. The van der Waals surface area contributed by atoms with Gasteiger partial charge in [-0.2, -0.15) is 0 Å². The predicted molar refractivity (Wildman–Crippen MR) is 118 cm³/mol. The van der Waals surface area contributed by atoms with Gasteiger partial charge in [-0.3, -0.25) is 25.8 Å². The topological polar surface area (TPSA) is 88.7 Å². The highest BCUT2D eigenvalue weighted by Gasteiger charge is 2.09. The molecule has 3 aromatic rings. The summed E-state index contributed by atoms with van der Waals surface area (Å²) in [5, 5.41) is 4.37. The number of rotatable bonds is 6. The van der Waals surface area contributed by atoms with Crippen molar-refractivity contribution in [1.82, 2.24) is 16.2 Å². The van der Waals surface area contributed by atoms with Crippen molar-refractivity contribution in [1.29, 1.82) is 0 Å². The largest absolute Gasteiger partial charge is 0.497 e. The summed E-state index contributed by atoms with van der Waals surface area (Å²) < 4.78 is 10.7. The van der Waals surface area contributed by atoms with E-state index in [0.29, 0.717) is 11.5 Å². The lowest BCUT2D eigenvalue weighted by Crippen LogP contribution is -2.49. The SMILES string of the molecule is COc1ccc(CC(=O)NNC(=S)NC(=O)COc2cccc3ccccc23)cc1. The maximum absolute atomic E-state index is 12.1. The first-order chi connectivity index (χ1) is 14.5. The Balaban J connectivity index is 1.41. The summed E-state index contributed by atoms with van der Waals surface area (Å²) in [6.45, 7) is -0.213. The third-order valence-electron chi connectivity index (χ3n) is 4.20. The third kappa shape index (κ3) is 5.92. The molecule has 0 heterocycles. The number of carbonyl (C=O) groups is 2. The molecule has 0 aromatic heterocycles. The third-order valence-corrected chi connectivity index (χ3v) is 4.40. The molecule has 0 radical (unpaired) electrons. The quantitative estimate of drug-likeness (QED) is 0.417. The summed E-state index contributed by atoms with van der Waals surface area (Å²) in [5.41, 5.74) is 5.76. The molecule has 2 amide bonds. The van der Waals surface area contributed by atoms with Gasteiger partial charge in [0.05, 0.1) is 13.5 Å². The molecule has 0 saturated carbocycles. The highest BCUT2D eigenvalue weighted by molar-refractivity contribution is 7.80. The molecule has 7 nitrogen and oxygen atoms in total. The van der Waals surface area contributed by atoms with Crippen LogP contribution in [0.3, 0.4) is 0 Å². The summed E-state index contributed by atoms with van der Waals surface area (Å²) in [4.78, 5) is 24.1. The normalized spacial score (nSPS) is 10.2. The second-order valence-electron chi connectivity index (χ2n) is 6.34. The zero-order valence-electron chi connectivity index (χ0n) is 16.3. The standard InChI is InChI=1S/C22H21N3O4S/c1-28-17-11-9-15(10-12-17)13-20(26)24-25-22(30)23-21(27)14-29-19-8-4-6-16-5-2-3-7-18(16)19/h2-12H,13-14H2,1H3,(H,24,26)(H2,23,25,27,30). The van der Waals surface area contributed by atoms with Crippen LogP contribution in [0.25, 0.3) is 10.8 Å². The van der Waals surface area contributed by atoms with Gasteiger partial charge in [-0.25, -0.2) is 0 Å². The van der Waals surface area contributed by atoms with Crippen molar-refractivity contribution in [2.45, 2.75) is 6.42 Å². The van der Waals surface area contributed by atoms with E-state index in [4.69, 9.17) is 21.7 Å². The average molecular weight is 423 g/mol. The van der Waals surface area contributed by atoms with Crippen molar-refractivity contribution in [3.63, 3.8) is 0 Å². The van der Waals surface area contributed by atoms with Crippen molar-refractivity contribution in [3.8, 4) is 11.5 Å². The number of benzene rings is 3. The number of ether oxygens (including phenoxy) is 2. The number of hydrogen-bond acceptors (Lipinski definition) is 5. The molecule has 0 fully saturated rings. The summed E-state index contributed by atoms with van der Waals surface area (Å²) in [7, 11) is 1.58. The number of nitrogens with one attached hydrogen (secondary N) is 3. The van der Waals surface area contributed by atoms with Gasteiger partial charge < -0.3 is 9.47 Å². The molecule has 0 aliphatic heterocycles. The Morgan fingerprint density at radius 3 is 2.40 bits per heavy atom. The minimum Gasteiger partial charge on any atom is -0.497 e. The van der Waals surface area contributed by atoms with Gasteiger partial charge in [0.1, 0.15) is 11.5 Å². The highest BCUT2D eigenvalue weighted by atomic mass is 32.1. The van der Waals surface area contributed by atoms with Crippen molar-refractivity contribution in [2.24, 2.45) is 0 Å². The Hall–Kier alpha value is -3.65. The van der Waals surface area contributed by atoms with E-state index in [-0.39, 0.29) is 24.0 Å². The molecular weight excluding hydrogens is 402 g/mol. The molecule has 154 valence electrons. The van der Waals surface area contributed by atoms with E-state index < -0.39 is 5.91 Å². The Morgan fingerprint density at radius 1 is 0.900 bits per heavy atom. The fourth-order valence-electron chi connectivity index (χ4n) is 2.76. The van der Waals surface area contributed by atoms with Crippen LogP contribution in [0.1, 0.15) is 5.56 Å².